The van der Waals surface area contributed by atoms with Gasteiger partial charge in [-0.2, -0.15) is 0 Å². The van der Waals surface area contributed by atoms with Crippen molar-refractivity contribution in [2.75, 3.05) is 5.32 Å². The van der Waals surface area contributed by atoms with Crippen LogP contribution in [0.1, 0.15) is 10.5 Å². The molecule has 5 nitrogen and oxygen atoms in total. The predicted molar refractivity (Wildman–Crippen MR) is 68.7 cm³/mol. The second-order valence-corrected chi connectivity index (χ2v) is 4.18. The summed E-state index contributed by atoms with van der Waals surface area (Å²) in [4.78, 5) is 18.2. The van der Waals surface area contributed by atoms with Gasteiger partial charge in [-0.1, -0.05) is 23.2 Å². The maximum absolute atomic E-state index is 10.6. The Kier molecular flexibility index (Phi) is 3.64. The molecule has 0 saturated heterocycles. The van der Waals surface area contributed by atoms with Crippen molar-refractivity contribution in [2.45, 2.75) is 0 Å². The molecule has 92 valence electrons. The average Bonchev–Trinajstić information content (AvgIpc) is 2.33. The van der Waals surface area contributed by atoms with Gasteiger partial charge in [0.15, 0.2) is 5.69 Å². The number of hydrogen-bond acceptors (Lipinski definition) is 4. The van der Waals surface area contributed by atoms with Crippen LogP contribution in [-0.2, 0) is 0 Å². The lowest BCUT2D eigenvalue weighted by Gasteiger charge is -2.07. The van der Waals surface area contributed by atoms with Crippen molar-refractivity contribution in [2.24, 2.45) is 0 Å². The number of halogens is 2. The zero-order chi connectivity index (χ0) is 13.1. The summed E-state index contributed by atoms with van der Waals surface area (Å²) in [6.07, 6.45) is 2.48. The molecule has 0 amide bonds. The van der Waals surface area contributed by atoms with Gasteiger partial charge in [0.05, 0.1) is 23.1 Å². The topological polar surface area (TPSA) is 75.1 Å². The lowest BCUT2D eigenvalue weighted by molar-refractivity contribution is 0.0690. The van der Waals surface area contributed by atoms with Crippen molar-refractivity contribution >= 4 is 40.7 Å². The van der Waals surface area contributed by atoms with Crippen LogP contribution in [-0.4, -0.2) is 21.0 Å². The number of anilines is 2. The molecule has 2 aromatic rings. The summed E-state index contributed by atoms with van der Waals surface area (Å²) in [5, 5.41) is 12.6. The van der Waals surface area contributed by atoms with Gasteiger partial charge < -0.3 is 10.4 Å². The first-order valence-corrected chi connectivity index (χ1v) is 5.59. The van der Waals surface area contributed by atoms with Crippen molar-refractivity contribution in [1.82, 2.24) is 9.97 Å². The average molecular weight is 284 g/mol. The van der Waals surface area contributed by atoms with Crippen LogP contribution in [0.3, 0.4) is 0 Å². The van der Waals surface area contributed by atoms with Crippen LogP contribution in [0.5, 0.6) is 0 Å². The third-order valence-corrected chi connectivity index (χ3v) is 2.61. The smallest absolute Gasteiger partial charge is 0.356 e. The van der Waals surface area contributed by atoms with E-state index in [0.717, 1.165) is 6.20 Å². The molecule has 2 N–H and O–H groups in total. The number of carboxylic acid groups (broad SMARTS) is 1. The van der Waals surface area contributed by atoms with E-state index >= 15 is 0 Å². The molecule has 0 bridgehead atoms. The van der Waals surface area contributed by atoms with Gasteiger partial charge in [-0.15, -0.1) is 0 Å². The summed E-state index contributed by atoms with van der Waals surface area (Å²) in [6.45, 7) is 0. The fraction of sp³-hybridized carbons (Fsp3) is 0. The number of aromatic carboxylic acids is 1. The number of carboxylic acids is 1. The van der Waals surface area contributed by atoms with Gasteiger partial charge in [0.25, 0.3) is 0 Å². The highest BCUT2D eigenvalue weighted by Gasteiger charge is 2.06. The summed E-state index contributed by atoms with van der Waals surface area (Å²) >= 11 is 11.7. The standard InChI is InChI=1S/C11H7Cl2N3O2/c12-6-1-2-8(7(13)3-6)16-10-5-14-9(4-15-10)11(17)18/h1-5H,(H,15,16)(H,17,18). The molecule has 0 saturated carbocycles. The molecule has 0 unspecified atom stereocenters. The Bertz CT molecular complexity index is 587. The minimum atomic E-state index is -1.13. The van der Waals surface area contributed by atoms with Crippen LogP contribution in [0.25, 0.3) is 0 Å². The largest absolute Gasteiger partial charge is 0.476 e. The van der Waals surface area contributed by atoms with Gasteiger partial charge >= 0.3 is 5.97 Å². The van der Waals surface area contributed by atoms with Crippen LogP contribution in [0.2, 0.25) is 10.0 Å². The van der Waals surface area contributed by atoms with E-state index in [4.69, 9.17) is 28.3 Å². The first kappa shape index (κ1) is 12.6. The molecule has 1 aromatic heterocycles. The number of benzene rings is 1. The van der Waals surface area contributed by atoms with Gasteiger partial charge in [-0.3, -0.25) is 0 Å². The maximum Gasteiger partial charge on any atom is 0.356 e. The fourth-order valence-corrected chi connectivity index (χ4v) is 1.69. The normalized spacial score (nSPS) is 10.1. The lowest BCUT2D eigenvalue weighted by Crippen LogP contribution is -2.02. The molecule has 0 fully saturated rings. The maximum atomic E-state index is 10.6. The Morgan fingerprint density at radius 3 is 2.56 bits per heavy atom. The molecular formula is C11H7Cl2N3O2. The minimum Gasteiger partial charge on any atom is -0.476 e. The molecule has 2 rings (SSSR count). The number of nitrogens with zero attached hydrogens (tertiary/aromatic N) is 2. The fourth-order valence-electron chi connectivity index (χ4n) is 1.23. The Morgan fingerprint density at radius 2 is 2.00 bits per heavy atom. The summed E-state index contributed by atoms with van der Waals surface area (Å²) in [7, 11) is 0. The summed E-state index contributed by atoms with van der Waals surface area (Å²) < 4.78 is 0. The van der Waals surface area contributed by atoms with Crippen LogP contribution in [0, 0.1) is 0 Å². The summed E-state index contributed by atoms with van der Waals surface area (Å²) in [5.74, 6) is -0.734. The van der Waals surface area contributed by atoms with Crippen molar-refractivity contribution in [3.63, 3.8) is 0 Å². The molecular weight excluding hydrogens is 277 g/mol. The highest BCUT2D eigenvalue weighted by molar-refractivity contribution is 6.36. The molecule has 7 heteroatoms. The molecule has 1 aromatic carbocycles. The van der Waals surface area contributed by atoms with Gasteiger partial charge in [0.2, 0.25) is 0 Å². The second kappa shape index (κ2) is 5.20. The van der Waals surface area contributed by atoms with Gasteiger partial charge in [-0.25, -0.2) is 14.8 Å². The number of hydrogen-bond donors (Lipinski definition) is 2. The van der Waals surface area contributed by atoms with Crippen LogP contribution in [0.15, 0.2) is 30.6 Å². The van der Waals surface area contributed by atoms with E-state index in [-0.39, 0.29) is 5.69 Å². The number of rotatable bonds is 3. The quantitative estimate of drug-likeness (QED) is 0.905. The van der Waals surface area contributed by atoms with E-state index in [1.807, 2.05) is 0 Å². The highest BCUT2D eigenvalue weighted by Crippen LogP contribution is 2.27. The lowest BCUT2D eigenvalue weighted by atomic mass is 10.3. The number of nitrogens with one attached hydrogen (secondary N) is 1. The Balaban J connectivity index is 2.21. The molecule has 0 radical (unpaired) electrons. The third-order valence-electron chi connectivity index (χ3n) is 2.06. The van der Waals surface area contributed by atoms with Crippen molar-refractivity contribution in [3.05, 3.63) is 46.3 Å². The molecule has 0 atom stereocenters. The molecule has 0 aliphatic carbocycles. The summed E-state index contributed by atoms with van der Waals surface area (Å²) in [5.41, 5.74) is 0.487. The summed E-state index contributed by atoms with van der Waals surface area (Å²) in [6, 6.07) is 4.96. The van der Waals surface area contributed by atoms with E-state index < -0.39 is 5.97 Å². The molecule has 1 heterocycles. The van der Waals surface area contributed by atoms with Crippen molar-refractivity contribution in [3.8, 4) is 0 Å². The Labute approximate surface area is 112 Å². The van der Waals surface area contributed by atoms with Gasteiger partial charge in [0.1, 0.15) is 5.82 Å². The van der Waals surface area contributed by atoms with Gasteiger partial charge in [-0.05, 0) is 18.2 Å². The van der Waals surface area contributed by atoms with Crippen LogP contribution < -0.4 is 5.32 Å². The molecule has 0 spiro atoms. The second-order valence-electron chi connectivity index (χ2n) is 3.34. The van der Waals surface area contributed by atoms with Gasteiger partial charge in [0, 0.05) is 5.02 Å². The first-order chi connectivity index (χ1) is 8.56. The Hall–Kier alpha value is -1.85. The molecule has 0 aliphatic rings. The van der Waals surface area contributed by atoms with Crippen LogP contribution in [0.4, 0.5) is 11.5 Å². The molecule has 0 aliphatic heterocycles. The van der Waals surface area contributed by atoms with E-state index in [9.17, 15) is 4.79 Å². The van der Waals surface area contributed by atoms with Crippen LogP contribution >= 0.6 is 23.2 Å². The number of carbonyl (C=O) groups is 1. The van der Waals surface area contributed by atoms with E-state index in [1.165, 1.54) is 6.20 Å². The molecule has 18 heavy (non-hydrogen) atoms. The SMILES string of the molecule is O=C(O)c1cnc(Nc2ccc(Cl)cc2Cl)cn1. The van der Waals surface area contributed by atoms with E-state index in [2.05, 4.69) is 15.3 Å². The first-order valence-electron chi connectivity index (χ1n) is 4.83. The highest BCUT2D eigenvalue weighted by atomic mass is 35.5. The number of aromatic nitrogens is 2. The zero-order valence-electron chi connectivity index (χ0n) is 8.89. The van der Waals surface area contributed by atoms with Crippen molar-refractivity contribution < 1.29 is 9.90 Å². The minimum absolute atomic E-state index is 0.122. The Morgan fingerprint density at radius 1 is 1.22 bits per heavy atom. The third kappa shape index (κ3) is 2.88. The van der Waals surface area contributed by atoms with E-state index in [0.29, 0.717) is 21.6 Å². The zero-order valence-corrected chi connectivity index (χ0v) is 10.4. The van der Waals surface area contributed by atoms with E-state index in [1.54, 1.807) is 18.2 Å². The van der Waals surface area contributed by atoms with Crippen molar-refractivity contribution in [1.29, 1.82) is 0 Å². The predicted octanol–water partition coefficient (Wildman–Crippen LogP) is 3.23. The monoisotopic (exact) mass is 283 g/mol.